The molecule has 3 aromatic carbocycles. The Morgan fingerprint density at radius 1 is 0.583 bits per heavy atom. The Morgan fingerprint density at radius 2 is 1.07 bits per heavy atom. The van der Waals surface area contributed by atoms with Crippen molar-refractivity contribution in [2.24, 2.45) is 0 Å². The maximum atomic E-state index is 12.5. The number of carbonyl (C=O) groups is 1. The number of carbonyl (C=O) groups excluding carboxylic acids is 1. The van der Waals surface area contributed by atoms with E-state index >= 15 is 0 Å². The van der Waals surface area contributed by atoms with Gasteiger partial charge in [0.15, 0.2) is 0 Å². The highest BCUT2D eigenvalue weighted by Gasteiger charge is 2.42. The Kier molecular flexibility index (Phi) is 15.0. The fourth-order valence-electron chi connectivity index (χ4n) is 8.74. The summed E-state index contributed by atoms with van der Waals surface area (Å²) in [5.74, 6) is 0.294. The molecule has 0 N–H and O–H groups in total. The summed E-state index contributed by atoms with van der Waals surface area (Å²) in [7, 11) is 0. The third kappa shape index (κ3) is 10.1. The van der Waals surface area contributed by atoms with E-state index in [-0.39, 0.29) is 5.41 Å². The van der Waals surface area contributed by atoms with Gasteiger partial charge in [0, 0.05) is 46.7 Å². The molecule has 0 saturated heterocycles. The second-order valence-corrected chi connectivity index (χ2v) is 20.2. The first kappa shape index (κ1) is 43.8. The van der Waals surface area contributed by atoms with Crippen LogP contribution in [-0.2, 0) is 14.9 Å². The van der Waals surface area contributed by atoms with Gasteiger partial charge in [-0.1, -0.05) is 116 Å². The SMILES string of the molecule is C=C(C)C(=O)OC(CCCCCCCCC)Oc1ccc(-c2ccc(-c3ccc4c(c3)C(CCCC)(CCCC)c3cc(-c5ccc(-c6ccc(C)s6)s5)ccc3-4)s2)cc1. The number of hydrogen-bond donors (Lipinski definition) is 0. The normalized spacial score (nSPS) is 13.2. The highest BCUT2D eigenvalue weighted by Crippen LogP contribution is 2.56. The molecule has 7 rings (SSSR count). The molecule has 0 fully saturated rings. The molecular weight excluding hydrogens is 793 g/mol. The Labute approximate surface area is 371 Å². The second kappa shape index (κ2) is 20.6. The number of aryl methyl sites for hydroxylation is 1. The van der Waals surface area contributed by atoms with Crippen molar-refractivity contribution < 1.29 is 14.3 Å². The Bertz CT molecular complexity index is 2350. The third-order valence-corrected chi connectivity index (χ3v) is 15.6. The van der Waals surface area contributed by atoms with E-state index in [0.29, 0.717) is 17.7 Å². The van der Waals surface area contributed by atoms with Crippen molar-refractivity contribution in [1.82, 2.24) is 0 Å². The second-order valence-electron chi connectivity index (χ2n) is 16.7. The van der Waals surface area contributed by atoms with Gasteiger partial charge >= 0.3 is 5.97 Å². The molecule has 60 heavy (non-hydrogen) atoms. The van der Waals surface area contributed by atoms with E-state index in [2.05, 4.69) is 119 Å². The van der Waals surface area contributed by atoms with E-state index in [1.807, 2.05) is 46.1 Å². The number of ether oxygens (including phenoxy) is 2. The van der Waals surface area contributed by atoms with Crippen LogP contribution in [0.5, 0.6) is 5.75 Å². The fraction of sp³-hybridized carbons (Fsp3) is 0.389. The number of unbranched alkanes of at least 4 members (excludes halogenated alkanes) is 8. The van der Waals surface area contributed by atoms with Crippen LogP contribution in [0.4, 0.5) is 0 Å². The Hall–Kier alpha value is -4.23. The average Bonchev–Trinajstić information content (AvgIpc) is 4.08. The van der Waals surface area contributed by atoms with Crippen molar-refractivity contribution in [3.63, 3.8) is 0 Å². The molecular formula is C54H62O3S3. The van der Waals surface area contributed by atoms with Crippen molar-refractivity contribution in [2.75, 3.05) is 0 Å². The highest BCUT2D eigenvalue weighted by molar-refractivity contribution is 7.23. The lowest BCUT2D eigenvalue weighted by molar-refractivity contribution is -0.159. The van der Waals surface area contributed by atoms with Crippen LogP contribution in [0, 0.1) is 6.92 Å². The van der Waals surface area contributed by atoms with Crippen LogP contribution in [0.3, 0.4) is 0 Å². The standard InChI is InChI=1S/C54H62O3S3/c1-7-10-13-14-15-16-17-18-52(57-53(55)37(4)5)56-42-24-20-39(21-25-42)47-29-30-48(59-47)40-22-26-43-44-27-23-41(49-31-32-51(60-49)50-28-19-38(6)58-50)36-46(44)54(33-11-8-2,34-12-9-3)45(43)35-40/h19-32,35-36,52H,4,7-18,33-34H2,1-3,5-6H3. The van der Waals surface area contributed by atoms with Gasteiger partial charge in [-0.25, -0.2) is 4.79 Å². The van der Waals surface area contributed by atoms with Crippen LogP contribution in [0.25, 0.3) is 52.2 Å². The lowest BCUT2D eigenvalue weighted by Gasteiger charge is -2.33. The molecule has 3 nitrogen and oxygen atoms in total. The van der Waals surface area contributed by atoms with Gasteiger partial charge in [0.25, 0.3) is 0 Å². The molecule has 0 saturated carbocycles. The molecule has 0 spiro atoms. The summed E-state index contributed by atoms with van der Waals surface area (Å²) in [4.78, 5) is 20.4. The quantitative estimate of drug-likeness (QED) is 0.0295. The molecule has 1 atom stereocenters. The summed E-state index contributed by atoms with van der Waals surface area (Å²) in [5, 5.41) is 0. The van der Waals surface area contributed by atoms with Crippen LogP contribution in [-0.4, -0.2) is 12.3 Å². The summed E-state index contributed by atoms with van der Waals surface area (Å²) in [6, 6.07) is 36.5. The van der Waals surface area contributed by atoms with Gasteiger partial charge in [-0.15, -0.1) is 34.0 Å². The van der Waals surface area contributed by atoms with Crippen molar-refractivity contribution >= 4 is 40.0 Å². The van der Waals surface area contributed by atoms with Gasteiger partial charge in [0.1, 0.15) is 5.75 Å². The lowest BCUT2D eigenvalue weighted by atomic mass is 9.70. The molecule has 1 unspecified atom stereocenters. The first-order valence-corrected chi connectivity index (χ1v) is 24.9. The van der Waals surface area contributed by atoms with Crippen LogP contribution in [0.15, 0.2) is 109 Å². The predicted molar refractivity (Wildman–Crippen MR) is 260 cm³/mol. The number of hydrogen-bond acceptors (Lipinski definition) is 6. The number of rotatable bonds is 22. The van der Waals surface area contributed by atoms with E-state index in [9.17, 15) is 4.79 Å². The monoisotopic (exact) mass is 854 g/mol. The van der Waals surface area contributed by atoms with Crippen molar-refractivity contribution in [2.45, 2.75) is 136 Å². The summed E-state index contributed by atoms with van der Waals surface area (Å²) in [6.45, 7) is 14.5. The summed E-state index contributed by atoms with van der Waals surface area (Å²) in [6.07, 6.45) is 15.5. The van der Waals surface area contributed by atoms with Crippen LogP contribution in [0.1, 0.15) is 134 Å². The van der Waals surface area contributed by atoms with Crippen LogP contribution >= 0.6 is 34.0 Å². The number of benzene rings is 3. The minimum absolute atomic E-state index is 0.00519. The first-order chi connectivity index (χ1) is 29.2. The zero-order valence-electron chi connectivity index (χ0n) is 36.4. The van der Waals surface area contributed by atoms with Crippen molar-refractivity contribution in [3.05, 3.63) is 125 Å². The predicted octanol–water partition coefficient (Wildman–Crippen LogP) is 17.5. The molecule has 6 aromatic rings. The fourth-order valence-corrected chi connectivity index (χ4v) is 11.7. The zero-order chi connectivity index (χ0) is 42.1. The molecule has 0 bridgehead atoms. The maximum Gasteiger partial charge on any atom is 0.336 e. The number of fused-ring (bicyclic) bond motifs is 3. The maximum absolute atomic E-state index is 12.5. The molecule has 1 aliphatic rings. The van der Waals surface area contributed by atoms with Gasteiger partial charge in [-0.3, -0.25) is 0 Å². The summed E-state index contributed by atoms with van der Waals surface area (Å²) in [5.41, 5.74) is 9.98. The van der Waals surface area contributed by atoms with Gasteiger partial charge < -0.3 is 9.47 Å². The molecule has 0 aliphatic heterocycles. The van der Waals surface area contributed by atoms with E-state index in [1.54, 1.807) is 6.92 Å². The Balaban J connectivity index is 1.11. The Morgan fingerprint density at radius 3 is 1.62 bits per heavy atom. The van der Waals surface area contributed by atoms with Crippen molar-refractivity contribution in [3.8, 4) is 58.0 Å². The number of esters is 1. The first-order valence-electron chi connectivity index (χ1n) is 22.4. The van der Waals surface area contributed by atoms with Crippen LogP contribution in [0.2, 0.25) is 0 Å². The zero-order valence-corrected chi connectivity index (χ0v) is 38.8. The van der Waals surface area contributed by atoms with Crippen LogP contribution < -0.4 is 4.74 Å². The van der Waals surface area contributed by atoms with E-state index in [0.717, 1.165) is 31.2 Å². The van der Waals surface area contributed by atoms with E-state index in [4.69, 9.17) is 9.47 Å². The molecule has 3 aromatic heterocycles. The molecule has 6 heteroatoms. The van der Waals surface area contributed by atoms with E-state index < -0.39 is 12.3 Å². The molecule has 0 radical (unpaired) electrons. The molecule has 314 valence electrons. The minimum Gasteiger partial charge on any atom is -0.455 e. The minimum atomic E-state index is -0.632. The lowest BCUT2D eigenvalue weighted by Crippen LogP contribution is -2.25. The average molecular weight is 855 g/mol. The summed E-state index contributed by atoms with van der Waals surface area (Å²) >= 11 is 5.63. The van der Waals surface area contributed by atoms with Gasteiger partial charge in [0.05, 0.1) is 0 Å². The summed E-state index contributed by atoms with van der Waals surface area (Å²) < 4.78 is 12.0. The van der Waals surface area contributed by atoms with Gasteiger partial charge in [-0.05, 0) is 145 Å². The largest absolute Gasteiger partial charge is 0.455 e. The molecule has 1 aliphatic carbocycles. The molecule has 3 heterocycles. The topological polar surface area (TPSA) is 35.5 Å². The smallest absolute Gasteiger partial charge is 0.336 e. The van der Waals surface area contributed by atoms with Crippen molar-refractivity contribution in [1.29, 1.82) is 0 Å². The molecule has 0 amide bonds. The highest BCUT2D eigenvalue weighted by atomic mass is 32.1. The van der Waals surface area contributed by atoms with Gasteiger partial charge in [0.2, 0.25) is 6.29 Å². The van der Waals surface area contributed by atoms with E-state index in [1.165, 1.54) is 120 Å². The third-order valence-electron chi connectivity index (χ3n) is 12.1. The number of thiophene rings is 3. The van der Waals surface area contributed by atoms with Gasteiger partial charge in [-0.2, -0.15) is 0 Å².